The van der Waals surface area contributed by atoms with Gasteiger partial charge in [-0.15, -0.1) is 10.2 Å². The molecule has 0 aliphatic heterocycles. The van der Waals surface area contributed by atoms with Crippen molar-refractivity contribution < 1.29 is 22.7 Å². The Morgan fingerprint density at radius 3 is 2.21 bits per heavy atom. The highest BCUT2D eigenvalue weighted by molar-refractivity contribution is 7.89. The van der Waals surface area contributed by atoms with Crippen LogP contribution >= 0.6 is 0 Å². The number of hydrogen-bond acceptors (Lipinski definition) is 7. The van der Waals surface area contributed by atoms with Gasteiger partial charge in [0, 0.05) is 31.3 Å². The predicted molar refractivity (Wildman–Crippen MR) is 124 cm³/mol. The molecule has 0 aliphatic rings. The van der Waals surface area contributed by atoms with Crippen molar-refractivity contribution in [2.75, 3.05) is 33.9 Å². The fraction of sp³-hybridized carbons (Fsp3) is 0.261. The van der Waals surface area contributed by atoms with Crippen LogP contribution in [0.4, 0.5) is 0 Å². The molecule has 1 heterocycles. The summed E-state index contributed by atoms with van der Waals surface area (Å²) in [6.45, 7) is 3.00. The number of aromatic nitrogens is 2. The monoisotopic (exact) mass is 470 g/mol. The first-order valence-electron chi connectivity index (χ1n) is 10.3. The van der Waals surface area contributed by atoms with Crippen molar-refractivity contribution >= 4 is 15.9 Å². The number of amides is 1. The van der Waals surface area contributed by atoms with E-state index < -0.39 is 10.0 Å². The third-order valence-corrected chi connectivity index (χ3v) is 6.46. The first kappa shape index (κ1) is 24.1. The van der Waals surface area contributed by atoms with Gasteiger partial charge in [-0.1, -0.05) is 0 Å². The number of nitrogens with one attached hydrogen (secondary N) is 1. The van der Waals surface area contributed by atoms with Crippen molar-refractivity contribution in [3.63, 3.8) is 0 Å². The van der Waals surface area contributed by atoms with Crippen molar-refractivity contribution in [3.8, 4) is 22.9 Å². The Morgan fingerprint density at radius 1 is 0.939 bits per heavy atom. The molecule has 2 aromatic carbocycles. The second-order valence-corrected chi connectivity index (χ2v) is 9.28. The van der Waals surface area contributed by atoms with Crippen LogP contribution in [0.2, 0.25) is 0 Å². The summed E-state index contributed by atoms with van der Waals surface area (Å²) in [5, 5.41) is 10.9. The first-order valence-corrected chi connectivity index (χ1v) is 11.8. The number of sulfonamides is 1. The molecule has 1 N–H and O–H groups in total. The largest absolute Gasteiger partial charge is 0.494 e. The lowest BCUT2D eigenvalue weighted by Gasteiger charge is -2.11. The van der Waals surface area contributed by atoms with Gasteiger partial charge in [-0.2, -0.15) is 0 Å². The van der Waals surface area contributed by atoms with E-state index in [1.54, 1.807) is 12.1 Å². The van der Waals surface area contributed by atoms with Gasteiger partial charge in [-0.25, -0.2) is 12.7 Å². The molecule has 0 bridgehead atoms. The highest BCUT2D eigenvalue weighted by Gasteiger charge is 2.17. The van der Waals surface area contributed by atoms with Crippen molar-refractivity contribution in [2.24, 2.45) is 0 Å². The van der Waals surface area contributed by atoms with Gasteiger partial charge in [-0.05, 0) is 61.5 Å². The minimum atomic E-state index is -3.53. The zero-order valence-corrected chi connectivity index (χ0v) is 19.5. The zero-order valence-electron chi connectivity index (χ0n) is 18.7. The van der Waals surface area contributed by atoms with Gasteiger partial charge in [0.25, 0.3) is 5.91 Å². The molecule has 0 atom stereocenters. The number of nitrogens with zero attached hydrogens (tertiary/aromatic N) is 3. The van der Waals surface area contributed by atoms with Crippen LogP contribution in [-0.4, -0.2) is 62.7 Å². The molecule has 1 amide bonds. The highest BCUT2D eigenvalue weighted by atomic mass is 32.2. The molecule has 1 aromatic heterocycles. The molecule has 0 saturated heterocycles. The minimum absolute atomic E-state index is 0.125. The molecule has 174 valence electrons. The van der Waals surface area contributed by atoms with Crippen LogP contribution in [0.1, 0.15) is 17.3 Å². The number of hydrogen-bond donors (Lipinski definition) is 1. The topological polar surface area (TPSA) is 111 Å². The quantitative estimate of drug-likeness (QED) is 0.454. The number of carbonyl (C=O) groups excluding carboxylic acids is 1. The molecular weight excluding hydrogens is 444 g/mol. The van der Waals surface area contributed by atoms with Gasteiger partial charge < -0.3 is 14.8 Å². The number of rotatable bonds is 10. The number of carbonyl (C=O) groups is 1. The molecule has 0 saturated carbocycles. The van der Waals surface area contributed by atoms with E-state index in [2.05, 4.69) is 15.5 Å². The lowest BCUT2D eigenvalue weighted by Crippen LogP contribution is -2.28. The Morgan fingerprint density at radius 2 is 1.64 bits per heavy atom. The van der Waals surface area contributed by atoms with Crippen LogP contribution in [0, 0.1) is 0 Å². The third-order valence-electron chi connectivity index (χ3n) is 4.63. The van der Waals surface area contributed by atoms with E-state index in [0.29, 0.717) is 23.7 Å². The van der Waals surface area contributed by atoms with Crippen molar-refractivity contribution in [2.45, 2.75) is 11.8 Å². The van der Waals surface area contributed by atoms with E-state index in [4.69, 9.17) is 9.47 Å². The fourth-order valence-electron chi connectivity index (χ4n) is 2.85. The summed E-state index contributed by atoms with van der Waals surface area (Å²) in [7, 11) is -0.628. The van der Waals surface area contributed by atoms with Gasteiger partial charge in [0.1, 0.15) is 12.4 Å². The standard InChI is InChI=1S/C23H26N4O5S/c1-4-31-19-9-5-17(6-10-19)21-13-14-22(26-25-21)32-16-15-24-23(28)18-7-11-20(12-8-18)33(29,30)27(2)3/h5-14H,4,15-16H2,1-3H3,(H,24,28). The Bertz CT molecular complexity index is 1160. The Kier molecular flexibility index (Phi) is 7.96. The smallest absolute Gasteiger partial charge is 0.251 e. The Labute approximate surface area is 193 Å². The number of benzene rings is 2. The molecule has 0 fully saturated rings. The molecular formula is C23H26N4O5S. The average Bonchev–Trinajstić information content (AvgIpc) is 2.83. The van der Waals surface area contributed by atoms with Crippen molar-refractivity contribution in [3.05, 3.63) is 66.2 Å². The third kappa shape index (κ3) is 6.27. The molecule has 0 radical (unpaired) electrons. The minimum Gasteiger partial charge on any atom is -0.494 e. The average molecular weight is 471 g/mol. The van der Waals surface area contributed by atoms with Crippen LogP contribution in [0.25, 0.3) is 11.3 Å². The summed E-state index contributed by atoms with van der Waals surface area (Å²) in [5.74, 6) is 0.812. The van der Waals surface area contributed by atoms with Gasteiger partial charge in [0.05, 0.1) is 23.7 Å². The molecule has 3 aromatic rings. The second-order valence-electron chi connectivity index (χ2n) is 7.13. The van der Waals surface area contributed by atoms with Gasteiger partial charge in [0.2, 0.25) is 15.9 Å². The maximum absolute atomic E-state index is 12.3. The number of ether oxygens (including phenoxy) is 2. The van der Waals surface area contributed by atoms with Crippen LogP contribution in [0.3, 0.4) is 0 Å². The first-order chi connectivity index (χ1) is 15.8. The lowest BCUT2D eigenvalue weighted by molar-refractivity contribution is 0.0946. The molecule has 0 aliphatic carbocycles. The predicted octanol–water partition coefficient (Wildman–Crippen LogP) is 2.60. The lowest BCUT2D eigenvalue weighted by atomic mass is 10.1. The second kappa shape index (κ2) is 10.9. The molecule has 10 heteroatoms. The molecule has 33 heavy (non-hydrogen) atoms. The molecule has 0 spiro atoms. The summed E-state index contributed by atoms with van der Waals surface area (Å²) in [6.07, 6.45) is 0. The van der Waals surface area contributed by atoms with Crippen molar-refractivity contribution in [1.82, 2.24) is 19.8 Å². The van der Waals surface area contributed by atoms with Crippen LogP contribution in [0.15, 0.2) is 65.6 Å². The zero-order chi connectivity index (χ0) is 23.8. The van der Waals surface area contributed by atoms with Gasteiger partial charge in [0.15, 0.2) is 0 Å². The van der Waals surface area contributed by atoms with E-state index in [0.717, 1.165) is 15.6 Å². The van der Waals surface area contributed by atoms with Gasteiger partial charge >= 0.3 is 0 Å². The van der Waals surface area contributed by atoms with E-state index in [1.807, 2.05) is 31.2 Å². The highest BCUT2D eigenvalue weighted by Crippen LogP contribution is 2.21. The van der Waals surface area contributed by atoms with Crippen LogP contribution in [0.5, 0.6) is 11.6 Å². The van der Waals surface area contributed by atoms with E-state index in [1.165, 1.54) is 38.4 Å². The fourth-order valence-corrected chi connectivity index (χ4v) is 3.75. The maximum Gasteiger partial charge on any atom is 0.251 e. The maximum atomic E-state index is 12.3. The van der Waals surface area contributed by atoms with Gasteiger partial charge in [-0.3, -0.25) is 4.79 Å². The molecule has 3 rings (SSSR count). The molecule has 9 nitrogen and oxygen atoms in total. The molecule has 0 unspecified atom stereocenters. The van der Waals surface area contributed by atoms with Crippen LogP contribution < -0.4 is 14.8 Å². The summed E-state index contributed by atoms with van der Waals surface area (Å²) in [4.78, 5) is 12.4. The summed E-state index contributed by atoms with van der Waals surface area (Å²) < 4.78 is 36.3. The normalized spacial score (nSPS) is 11.3. The van der Waals surface area contributed by atoms with Crippen molar-refractivity contribution in [1.29, 1.82) is 0 Å². The van der Waals surface area contributed by atoms with E-state index in [9.17, 15) is 13.2 Å². The summed E-state index contributed by atoms with van der Waals surface area (Å²) >= 11 is 0. The van der Waals surface area contributed by atoms with E-state index in [-0.39, 0.29) is 24.0 Å². The summed E-state index contributed by atoms with van der Waals surface area (Å²) in [5.41, 5.74) is 1.97. The summed E-state index contributed by atoms with van der Waals surface area (Å²) in [6, 6.07) is 16.8. The van der Waals surface area contributed by atoms with Crippen LogP contribution in [-0.2, 0) is 10.0 Å². The van der Waals surface area contributed by atoms with E-state index >= 15 is 0 Å². The Balaban J connectivity index is 1.47. The SMILES string of the molecule is CCOc1ccc(-c2ccc(OCCNC(=O)c3ccc(S(=O)(=O)N(C)C)cc3)nn2)cc1. The Hall–Kier alpha value is -3.50.